The lowest BCUT2D eigenvalue weighted by Crippen LogP contribution is -2.11. The lowest BCUT2D eigenvalue weighted by Gasteiger charge is -2.12. The number of hydrogen-bond donors (Lipinski definition) is 0. The van der Waals surface area contributed by atoms with Crippen LogP contribution >= 0.6 is 22.2 Å². The molecule has 1 rings (SSSR count). The van der Waals surface area contributed by atoms with Crippen molar-refractivity contribution in [2.24, 2.45) is 0 Å². The highest BCUT2D eigenvalue weighted by molar-refractivity contribution is 7.44. The van der Waals surface area contributed by atoms with Crippen molar-refractivity contribution < 1.29 is 4.92 Å². The first kappa shape index (κ1) is 18.5. The van der Waals surface area contributed by atoms with Gasteiger partial charge in [0, 0.05) is 11.6 Å². The molecule has 1 unspecified atom stereocenters. The summed E-state index contributed by atoms with van der Waals surface area (Å²) in [6.45, 7) is 2.07. The molecule has 21 heavy (non-hydrogen) atoms. The molecule has 0 fully saturated rings. The molecule has 0 amide bonds. The summed E-state index contributed by atoms with van der Waals surface area (Å²) >= 11 is 12.1. The third kappa shape index (κ3) is 7.29. The minimum Gasteiger partial charge on any atom is -0.258 e. The van der Waals surface area contributed by atoms with Gasteiger partial charge in [-0.3, -0.25) is 10.1 Å². The van der Waals surface area contributed by atoms with E-state index in [1.165, 1.54) is 0 Å². The Hall–Kier alpha value is -0.583. The summed E-state index contributed by atoms with van der Waals surface area (Å²) in [6, 6.07) is 7.97. The minimum absolute atomic E-state index is 0.215. The summed E-state index contributed by atoms with van der Waals surface area (Å²) in [5, 5.41) is 11.0. The lowest BCUT2D eigenvalue weighted by molar-refractivity contribution is -0.385. The number of unbranched alkanes of at least 4 members (excludes halogenated alkanes) is 3. The molecule has 6 heteroatoms. The van der Waals surface area contributed by atoms with Gasteiger partial charge in [0.15, 0.2) is 0 Å². The van der Waals surface area contributed by atoms with Crippen molar-refractivity contribution >= 4 is 34.5 Å². The Bertz CT molecular complexity index is 463. The highest BCUT2D eigenvalue weighted by atomic mass is 35.7. The molecule has 0 bridgehead atoms. The minimum atomic E-state index is -1.94. The van der Waals surface area contributed by atoms with Crippen molar-refractivity contribution in [1.29, 1.82) is 0 Å². The van der Waals surface area contributed by atoms with Crippen LogP contribution in [0.25, 0.3) is 0 Å². The predicted octanol–water partition coefficient (Wildman–Crippen LogP) is 6.20. The van der Waals surface area contributed by atoms with Crippen molar-refractivity contribution in [3.63, 3.8) is 0 Å². The quantitative estimate of drug-likeness (QED) is 0.175. The standard InChI is InChI=1S/C15H23Cl2NO2Si/c1-13(9-5-3-4-8-12-21(2,16)17)14-10-6-7-11-15(14)18(19)20/h6-7,10-11,13H,3-5,8-9,12H2,1-2H3. The first-order chi connectivity index (χ1) is 9.81. The second kappa shape index (κ2) is 8.76. The Morgan fingerprint density at radius 3 is 2.43 bits per heavy atom. The maximum absolute atomic E-state index is 11.0. The van der Waals surface area contributed by atoms with E-state index in [2.05, 4.69) is 6.92 Å². The maximum Gasteiger partial charge on any atom is 0.272 e. The fourth-order valence-corrected chi connectivity index (χ4v) is 4.14. The SMILES string of the molecule is CC(CCCCCC[Si](C)(Cl)Cl)c1ccccc1[N+](=O)[O-]. The van der Waals surface area contributed by atoms with E-state index in [-0.39, 0.29) is 16.5 Å². The van der Waals surface area contributed by atoms with Crippen molar-refractivity contribution in [3.05, 3.63) is 39.9 Å². The average Bonchev–Trinajstić information content (AvgIpc) is 2.41. The largest absolute Gasteiger partial charge is 0.272 e. The predicted molar refractivity (Wildman–Crippen MR) is 92.7 cm³/mol. The first-order valence-corrected chi connectivity index (χ1v) is 12.2. The monoisotopic (exact) mass is 347 g/mol. The molecule has 1 aromatic carbocycles. The van der Waals surface area contributed by atoms with Gasteiger partial charge in [-0.1, -0.05) is 50.8 Å². The molecule has 0 aromatic heterocycles. The number of nitrogens with zero attached hydrogens (tertiary/aromatic N) is 1. The zero-order valence-corrected chi connectivity index (χ0v) is 15.2. The fraction of sp³-hybridized carbons (Fsp3) is 0.600. The second-order valence-electron chi connectivity index (χ2n) is 5.74. The van der Waals surface area contributed by atoms with Crippen LogP contribution in [0.2, 0.25) is 12.6 Å². The van der Waals surface area contributed by atoms with Gasteiger partial charge in [-0.2, -0.15) is 0 Å². The fourth-order valence-electron chi connectivity index (χ4n) is 2.47. The zero-order chi connectivity index (χ0) is 15.9. The number of para-hydroxylation sites is 1. The summed E-state index contributed by atoms with van der Waals surface area (Å²) in [4.78, 5) is 10.7. The number of nitro groups is 1. The van der Waals surface area contributed by atoms with E-state index in [1.54, 1.807) is 12.1 Å². The Morgan fingerprint density at radius 1 is 1.19 bits per heavy atom. The topological polar surface area (TPSA) is 43.1 Å². The van der Waals surface area contributed by atoms with Gasteiger partial charge in [0.2, 0.25) is 6.69 Å². The smallest absolute Gasteiger partial charge is 0.258 e. The van der Waals surface area contributed by atoms with Gasteiger partial charge in [-0.05, 0) is 24.9 Å². The van der Waals surface area contributed by atoms with Gasteiger partial charge in [-0.25, -0.2) is 0 Å². The van der Waals surface area contributed by atoms with Crippen LogP contribution < -0.4 is 0 Å². The molecule has 0 spiro atoms. The first-order valence-electron chi connectivity index (χ1n) is 7.42. The lowest BCUT2D eigenvalue weighted by atomic mass is 9.93. The van der Waals surface area contributed by atoms with E-state index in [1.807, 2.05) is 18.7 Å². The van der Waals surface area contributed by atoms with Gasteiger partial charge < -0.3 is 0 Å². The van der Waals surface area contributed by atoms with Gasteiger partial charge in [0.05, 0.1) is 4.92 Å². The van der Waals surface area contributed by atoms with Crippen molar-refractivity contribution in [2.45, 2.75) is 57.5 Å². The molecule has 3 nitrogen and oxygen atoms in total. The van der Waals surface area contributed by atoms with E-state index in [4.69, 9.17) is 22.2 Å². The van der Waals surface area contributed by atoms with Gasteiger partial charge >= 0.3 is 0 Å². The Kier molecular flexibility index (Phi) is 7.70. The van der Waals surface area contributed by atoms with E-state index >= 15 is 0 Å². The number of hydrogen-bond acceptors (Lipinski definition) is 2. The maximum atomic E-state index is 11.0. The van der Waals surface area contributed by atoms with Gasteiger partial charge in [-0.15, -0.1) is 22.2 Å². The number of rotatable bonds is 9. The van der Waals surface area contributed by atoms with Crippen LogP contribution in [0, 0.1) is 10.1 Å². The Morgan fingerprint density at radius 2 is 1.81 bits per heavy atom. The molecular formula is C15H23Cl2NO2Si. The van der Waals surface area contributed by atoms with E-state index in [0.29, 0.717) is 0 Å². The Balaban J connectivity index is 2.35. The molecule has 0 aliphatic carbocycles. The highest BCUT2D eigenvalue weighted by Gasteiger charge is 2.20. The molecule has 0 saturated carbocycles. The van der Waals surface area contributed by atoms with Gasteiger partial charge in [0.1, 0.15) is 0 Å². The van der Waals surface area contributed by atoms with Crippen LogP contribution in [0.15, 0.2) is 24.3 Å². The van der Waals surface area contributed by atoms with Crippen LogP contribution in [0.5, 0.6) is 0 Å². The average molecular weight is 348 g/mol. The molecule has 0 N–H and O–H groups in total. The summed E-state index contributed by atoms with van der Waals surface area (Å²) in [7, 11) is 0. The summed E-state index contributed by atoms with van der Waals surface area (Å²) in [6.07, 6.45) is 5.39. The van der Waals surface area contributed by atoms with Crippen LogP contribution in [-0.2, 0) is 0 Å². The normalized spacial score (nSPS) is 13.1. The molecule has 0 saturated heterocycles. The molecule has 0 aliphatic heterocycles. The number of halogens is 2. The Labute approximate surface area is 137 Å². The van der Waals surface area contributed by atoms with E-state index in [0.717, 1.165) is 43.7 Å². The van der Waals surface area contributed by atoms with Crippen molar-refractivity contribution in [2.75, 3.05) is 0 Å². The molecule has 1 atom stereocenters. The van der Waals surface area contributed by atoms with E-state index < -0.39 is 6.69 Å². The summed E-state index contributed by atoms with van der Waals surface area (Å²) in [5.74, 6) is 0.215. The summed E-state index contributed by atoms with van der Waals surface area (Å²) < 4.78 is 0. The van der Waals surface area contributed by atoms with Crippen molar-refractivity contribution in [3.8, 4) is 0 Å². The highest BCUT2D eigenvalue weighted by Crippen LogP contribution is 2.30. The molecule has 1 aromatic rings. The van der Waals surface area contributed by atoms with Crippen LogP contribution in [0.3, 0.4) is 0 Å². The zero-order valence-electron chi connectivity index (χ0n) is 12.6. The van der Waals surface area contributed by atoms with Crippen LogP contribution in [-0.4, -0.2) is 11.6 Å². The van der Waals surface area contributed by atoms with Gasteiger partial charge in [0.25, 0.3) is 5.69 Å². The third-order valence-electron chi connectivity index (χ3n) is 3.67. The van der Waals surface area contributed by atoms with Crippen LogP contribution in [0.1, 0.15) is 50.5 Å². The number of nitro benzene ring substituents is 1. The molecule has 118 valence electrons. The van der Waals surface area contributed by atoms with Crippen LogP contribution in [0.4, 0.5) is 5.69 Å². The summed E-state index contributed by atoms with van der Waals surface area (Å²) in [5.41, 5.74) is 1.07. The molecular weight excluding hydrogens is 325 g/mol. The molecule has 0 radical (unpaired) electrons. The van der Waals surface area contributed by atoms with Crippen molar-refractivity contribution in [1.82, 2.24) is 0 Å². The third-order valence-corrected chi connectivity index (χ3v) is 6.03. The molecule has 0 aliphatic rings. The number of benzene rings is 1. The molecule has 0 heterocycles. The second-order valence-corrected chi connectivity index (χ2v) is 14.0. The van der Waals surface area contributed by atoms with E-state index in [9.17, 15) is 10.1 Å².